The molecular formula is C7H5N3O. The summed E-state index contributed by atoms with van der Waals surface area (Å²) in [5, 5.41) is 0. The molecule has 2 aromatic heterocycles. The van der Waals surface area contributed by atoms with Gasteiger partial charge in [-0.05, 0) is 6.07 Å². The van der Waals surface area contributed by atoms with E-state index in [9.17, 15) is 4.79 Å². The lowest BCUT2D eigenvalue weighted by molar-refractivity contribution is 1.02. The van der Waals surface area contributed by atoms with Crippen LogP contribution < -0.4 is 5.56 Å². The van der Waals surface area contributed by atoms with Crippen LogP contribution in [0.25, 0.3) is 5.78 Å². The van der Waals surface area contributed by atoms with Crippen LogP contribution in [0.4, 0.5) is 0 Å². The zero-order chi connectivity index (χ0) is 7.68. The van der Waals surface area contributed by atoms with Gasteiger partial charge in [-0.25, -0.2) is 4.98 Å². The molecule has 4 heteroatoms. The van der Waals surface area contributed by atoms with Gasteiger partial charge < -0.3 is 0 Å². The van der Waals surface area contributed by atoms with Crippen molar-refractivity contribution < 1.29 is 0 Å². The lowest BCUT2D eigenvalue weighted by Gasteiger charge is -1.94. The fourth-order valence-corrected chi connectivity index (χ4v) is 0.857. The van der Waals surface area contributed by atoms with Crippen molar-refractivity contribution >= 4 is 5.78 Å². The Labute approximate surface area is 62.2 Å². The molecular weight excluding hydrogens is 142 g/mol. The molecule has 0 saturated heterocycles. The number of fused-ring (bicyclic) bond motifs is 1. The third-order valence-electron chi connectivity index (χ3n) is 1.34. The molecule has 0 bridgehead atoms. The summed E-state index contributed by atoms with van der Waals surface area (Å²) in [5.74, 6) is 0.431. The number of rotatable bonds is 0. The average Bonchev–Trinajstić information content (AvgIpc) is 2.04. The summed E-state index contributed by atoms with van der Waals surface area (Å²) < 4.78 is 1.68. The zero-order valence-electron chi connectivity index (χ0n) is 5.64. The molecule has 0 unspecified atom stereocenters. The van der Waals surface area contributed by atoms with Crippen molar-refractivity contribution in [2.24, 2.45) is 0 Å². The molecule has 2 heterocycles. The third kappa shape index (κ3) is 0.980. The van der Waals surface area contributed by atoms with Crippen molar-refractivity contribution in [3.63, 3.8) is 0 Å². The Bertz CT molecular complexity index is 435. The second-order valence-corrected chi connectivity index (χ2v) is 2.09. The smallest absolute Gasteiger partial charge is 0.274 e. The lowest BCUT2D eigenvalue weighted by Crippen LogP contribution is -2.07. The van der Waals surface area contributed by atoms with Gasteiger partial charge in [0.15, 0.2) is 0 Å². The molecule has 0 aliphatic carbocycles. The summed E-state index contributed by atoms with van der Waals surface area (Å²) in [6.45, 7) is 0. The van der Waals surface area contributed by atoms with Gasteiger partial charge in [0.05, 0.1) is 0 Å². The van der Waals surface area contributed by atoms with Crippen molar-refractivity contribution in [3.8, 4) is 0 Å². The molecule has 0 aromatic carbocycles. The quantitative estimate of drug-likeness (QED) is 0.530. The van der Waals surface area contributed by atoms with E-state index in [1.807, 2.05) is 0 Å². The first-order valence-corrected chi connectivity index (χ1v) is 3.16. The second kappa shape index (κ2) is 2.16. The van der Waals surface area contributed by atoms with Gasteiger partial charge >= 0.3 is 0 Å². The topological polar surface area (TPSA) is 47.3 Å². The van der Waals surface area contributed by atoms with Gasteiger partial charge in [0, 0.05) is 24.7 Å². The summed E-state index contributed by atoms with van der Waals surface area (Å²) in [6.07, 6.45) is 5.02. The Morgan fingerprint density at radius 1 is 1.36 bits per heavy atom. The van der Waals surface area contributed by atoms with Crippen LogP contribution in [0.15, 0.2) is 35.5 Å². The van der Waals surface area contributed by atoms with Crippen molar-refractivity contribution in [1.29, 1.82) is 0 Å². The summed E-state index contributed by atoms with van der Waals surface area (Å²) in [7, 11) is 0. The molecule has 0 aliphatic heterocycles. The normalized spacial score (nSPS) is 10.2. The molecule has 0 spiro atoms. The molecule has 0 saturated carbocycles. The number of hydrogen-bond acceptors (Lipinski definition) is 3. The van der Waals surface area contributed by atoms with Crippen LogP contribution in [-0.4, -0.2) is 14.4 Å². The van der Waals surface area contributed by atoms with E-state index >= 15 is 0 Å². The predicted molar refractivity (Wildman–Crippen MR) is 39.3 cm³/mol. The van der Waals surface area contributed by atoms with Crippen molar-refractivity contribution in [2.45, 2.75) is 0 Å². The van der Waals surface area contributed by atoms with Crippen LogP contribution in [0.2, 0.25) is 0 Å². The highest BCUT2D eigenvalue weighted by atomic mass is 16.1. The summed E-state index contributed by atoms with van der Waals surface area (Å²) in [4.78, 5) is 18.3. The Kier molecular flexibility index (Phi) is 1.18. The fourth-order valence-electron chi connectivity index (χ4n) is 0.857. The number of aromatic nitrogens is 3. The maximum atomic E-state index is 10.7. The number of hydrogen-bond donors (Lipinski definition) is 0. The van der Waals surface area contributed by atoms with Gasteiger partial charge in [-0.3, -0.25) is 9.20 Å². The fraction of sp³-hybridized carbons (Fsp3) is 0. The van der Waals surface area contributed by atoms with Crippen LogP contribution in [0, 0.1) is 0 Å². The second-order valence-electron chi connectivity index (χ2n) is 2.09. The van der Waals surface area contributed by atoms with E-state index in [0.29, 0.717) is 5.78 Å². The van der Waals surface area contributed by atoms with Crippen LogP contribution in [-0.2, 0) is 0 Å². The van der Waals surface area contributed by atoms with E-state index in [0.717, 1.165) is 0 Å². The lowest BCUT2D eigenvalue weighted by atomic mass is 10.6. The summed E-state index contributed by atoms with van der Waals surface area (Å²) in [6, 6.07) is 3.17. The van der Waals surface area contributed by atoms with Crippen LogP contribution >= 0.6 is 0 Å². The van der Waals surface area contributed by atoms with Gasteiger partial charge in [-0.15, -0.1) is 0 Å². The van der Waals surface area contributed by atoms with E-state index in [1.54, 1.807) is 29.1 Å². The van der Waals surface area contributed by atoms with E-state index < -0.39 is 0 Å². The largest absolute Gasteiger partial charge is 0.292 e. The van der Waals surface area contributed by atoms with Gasteiger partial charge in [0.2, 0.25) is 5.78 Å². The molecule has 0 N–H and O–H groups in total. The SMILES string of the molecule is O=c1ccn2cccnc2n1. The molecule has 0 aliphatic rings. The van der Waals surface area contributed by atoms with Gasteiger partial charge in [0.1, 0.15) is 0 Å². The molecule has 4 nitrogen and oxygen atoms in total. The van der Waals surface area contributed by atoms with Crippen LogP contribution in [0.1, 0.15) is 0 Å². The van der Waals surface area contributed by atoms with E-state index in [-0.39, 0.29) is 5.56 Å². The third-order valence-corrected chi connectivity index (χ3v) is 1.34. The Hall–Kier alpha value is -1.71. The highest BCUT2D eigenvalue weighted by Gasteiger charge is 1.90. The molecule has 11 heavy (non-hydrogen) atoms. The monoisotopic (exact) mass is 147 g/mol. The van der Waals surface area contributed by atoms with Gasteiger partial charge in [0.25, 0.3) is 5.56 Å². The zero-order valence-corrected chi connectivity index (χ0v) is 5.64. The summed E-state index contributed by atoms with van der Waals surface area (Å²) in [5.41, 5.74) is -0.260. The first-order valence-electron chi connectivity index (χ1n) is 3.16. The van der Waals surface area contributed by atoms with Gasteiger partial charge in [-0.2, -0.15) is 4.98 Å². The van der Waals surface area contributed by atoms with Crippen molar-refractivity contribution in [1.82, 2.24) is 14.4 Å². The van der Waals surface area contributed by atoms with Crippen LogP contribution in [0.5, 0.6) is 0 Å². The highest BCUT2D eigenvalue weighted by molar-refractivity contribution is 5.24. The van der Waals surface area contributed by atoms with E-state index in [2.05, 4.69) is 9.97 Å². The first-order chi connectivity index (χ1) is 5.36. The van der Waals surface area contributed by atoms with Crippen LogP contribution in [0.3, 0.4) is 0 Å². The Morgan fingerprint density at radius 3 is 3.18 bits per heavy atom. The maximum absolute atomic E-state index is 10.7. The first kappa shape index (κ1) is 6.03. The Morgan fingerprint density at radius 2 is 2.27 bits per heavy atom. The molecule has 0 radical (unpaired) electrons. The standard InChI is InChI=1S/C7H5N3O/c11-6-2-5-10-4-1-3-8-7(10)9-6/h1-5H. The number of nitrogens with zero attached hydrogens (tertiary/aromatic N) is 3. The van der Waals surface area contributed by atoms with E-state index in [4.69, 9.17) is 0 Å². The average molecular weight is 147 g/mol. The minimum atomic E-state index is -0.260. The highest BCUT2D eigenvalue weighted by Crippen LogP contribution is 1.88. The van der Waals surface area contributed by atoms with Crippen molar-refractivity contribution in [2.75, 3.05) is 0 Å². The van der Waals surface area contributed by atoms with E-state index in [1.165, 1.54) is 6.07 Å². The van der Waals surface area contributed by atoms with Crippen molar-refractivity contribution in [3.05, 3.63) is 41.1 Å². The Balaban J connectivity index is 2.94. The molecule has 0 atom stereocenters. The predicted octanol–water partition coefficient (Wildman–Crippen LogP) is 0.0895. The van der Waals surface area contributed by atoms with Gasteiger partial charge in [-0.1, -0.05) is 0 Å². The molecule has 2 rings (SSSR count). The maximum Gasteiger partial charge on any atom is 0.274 e. The molecule has 0 amide bonds. The minimum Gasteiger partial charge on any atom is -0.292 e. The summed E-state index contributed by atoms with van der Waals surface area (Å²) >= 11 is 0. The molecule has 54 valence electrons. The molecule has 2 aromatic rings. The minimum absolute atomic E-state index is 0.260. The molecule has 0 fully saturated rings.